The van der Waals surface area contributed by atoms with Crippen molar-refractivity contribution < 1.29 is 24.0 Å². The fourth-order valence-electron chi connectivity index (χ4n) is 4.15. The molecule has 1 atom stereocenters. The van der Waals surface area contributed by atoms with E-state index in [0.29, 0.717) is 38.1 Å². The topological polar surface area (TPSA) is 92.0 Å². The lowest BCUT2D eigenvalue weighted by molar-refractivity contribution is 0.0527. The van der Waals surface area contributed by atoms with E-state index in [2.05, 4.69) is 20.5 Å². The van der Waals surface area contributed by atoms with Gasteiger partial charge in [-0.1, -0.05) is 0 Å². The molecule has 1 aromatic heterocycles. The Balaban J connectivity index is 1.98. The van der Waals surface area contributed by atoms with Crippen LogP contribution in [-0.2, 0) is 27.8 Å². The van der Waals surface area contributed by atoms with Crippen molar-refractivity contribution >= 4 is 43.6 Å². The fourth-order valence-corrected chi connectivity index (χ4v) is 5.74. The summed E-state index contributed by atoms with van der Waals surface area (Å²) >= 11 is 3.48. The van der Waals surface area contributed by atoms with Crippen LogP contribution in [0.3, 0.4) is 0 Å². The summed E-state index contributed by atoms with van der Waals surface area (Å²) in [6, 6.07) is 8.28. The number of aromatic hydroxyl groups is 2. The van der Waals surface area contributed by atoms with Gasteiger partial charge >= 0.3 is 5.97 Å². The van der Waals surface area contributed by atoms with Gasteiger partial charge in [-0.2, -0.15) is 0 Å². The summed E-state index contributed by atoms with van der Waals surface area (Å²) in [5, 5.41) is 21.1. The largest absolute Gasteiger partial charge is 0.508 e. The van der Waals surface area contributed by atoms with Crippen molar-refractivity contribution in [1.82, 2.24) is 9.47 Å². The molecule has 1 aliphatic rings. The Bertz CT molecular complexity index is 1230. The minimum Gasteiger partial charge on any atom is -0.508 e. The molecule has 0 spiro atoms. The molecule has 1 unspecified atom stereocenters. The smallest absolute Gasteiger partial charge is 0.340 e. The lowest BCUT2D eigenvalue weighted by Gasteiger charge is -2.15. The lowest BCUT2D eigenvalue weighted by Crippen LogP contribution is -2.14. The average molecular weight is 535 g/mol. The van der Waals surface area contributed by atoms with E-state index in [4.69, 9.17) is 4.74 Å². The van der Waals surface area contributed by atoms with E-state index < -0.39 is 16.8 Å². The Hall–Kier alpha value is -2.36. The molecule has 33 heavy (non-hydrogen) atoms. The molecule has 0 amide bonds. The molecule has 9 heteroatoms. The normalized spacial score (nSPS) is 14.7. The molecule has 1 aliphatic carbocycles. The number of phenolic OH excluding ortho intramolecular Hbond substituents is 2. The van der Waals surface area contributed by atoms with Gasteiger partial charge in [0.25, 0.3) is 0 Å². The van der Waals surface area contributed by atoms with Crippen LogP contribution in [0.4, 0.5) is 0 Å². The number of benzene rings is 2. The predicted molar refractivity (Wildman–Crippen MR) is 131 cm³/mol. The molecule has 2 N–H and O–H groups in total. The zero-order valence-electron chi connectivity index (χ0n) is 18.8. The van der Waals surface area contributed by atoms with Crippen molar-refractivity contribution in [2.75, 3.05) is 20.7 Å². The van der Waals surface area contributed by atoms with Gasteiger partial charge in [-0.15, -0.1) is 0 Å². The Labute approximate surface area is 203 Å². The third-order valence-corrected chi connectivity index (χ3v) is 7.59. The van der Waals surface area contributed by atoms with E-state index in [1.54, 1.807) is 19.1 Å². The maximum Gasteiger partial charge on any atom is 0.340 e. The highest BCUT2D eigenvalue weighted by Gasteiger charge is 2.35. The SMILES string of the molecule is CCOC(=O)c1c(CS(=O)c2ccc(O)cc2)n(C2CC2)c2cc(Br)c(O)c(CN(C)C)c12. The van der Waals surface area contributed by atoms with Gasteiger partial charge in [-0.25, -0.2) is 4.79 Å². The van der Waals surface area contributed by atoms with Crippen molar-refractivity contribution in [3.8, 4) is 11.5 Å². The molecule has 176 valence electrons. The molecule has 1 heterocycles. The molecule has 1 saturated carbocycles. The minimum absolute atomic E-state index is 0.0842. The molecule has 1 fully saturated rings. The highest BCUT2D eigenvalue weighted by atomic mass is 79.9. The van der Waals surface area contributed by atoms with Crippen LogP contribution in [0.2, 0.25) is 0 Å². The van der Waals surface area contributed by atoms with Crippen LogP contribution in [0.15, 0.2) is 39.7 Å². The molecular weight excluding hydrogens is 508 g/mol. The van der Waals surface area contributed by atoms with Gasteiger partial charge in [-0.3, -0.25) is 4.21 Å². The van der Waals surface area contributed by atoms with Gasteiger partial charge < -0.3 is 24.4 Å². The fraction of sp³-hybridized carbons (Fsp3) is 0.375. The van der Waals surface area contributed by atoms with Crippen LogP contribution in [-0.4, -0.2) is 50.6 Å². The number of aromatic nitrogens is 1. The Morgan fingerprint density at radius 3 is 2.48 bits per heavy atom. The van der Waals surface area contributed by atoms with Crippen molar-refractivity contribution in [1.29, 1.82) is 0 Å². The zero-order valence-corrected chi connectivity index (χ0v) is 21.2. The quantitative estimate of drug-likeness (QED) is 0.407. The van der Waals surface area contributed by atoms with Crippen LogP contribution in [0.5, 0.6) is 11.5 Å². The van der Waals surface area contributed by atoms with Gasteiger partial charge in [0.2, 0.25) is 0 Å². The number of fused-ring (bicyclic) bond motifs is 1. The Kier molecular flexibility index (Phi) is 6.83. The number of carbonyl (C=O) groups is 1. The number of hydrogen-bond donors (Lipinski definition) is 2. The summed E-state index contributed by atoms with van der Waals surface area (Å²) in [7, 11) is 2.34. The molecule has 4 rings (SSSR count). The molecule has 0 bridgehead atoms. The van der Waals surface area contributed by atoms with Crippen molar-refractivity contribution in [3.05, 3.63) is 51.6 Å². The number of rotatable bonds is 8. The Morgan fingerprint density at radius 1 is 1.24 bits per heavy atom. The van der Waals surface area contributed by atoms with Crippen LogP contribution in [0.1, 0.15) is 47.4 Å². The maximum absolute atomic E-state index is 13.3. The third kappa shape index (κ3) is 4.67. The second-order valence-electron chi connectivity index (χ2n) is 8.44. The van der Waals surface area contributed by atoms with E-state index in [1.165, 1.54) is 12.1 Å². The standard InChI is InChI=1S/C24H27BrN2O5S/c1-4-32-24(30)22-20(13-33(31)16-9-7-15(28)8-10-16)27(14-5-6-14)19-11-18(25)23(29)17(21(19)22)12-26(2)3/h7-11,14,28-29H,4-6,12-13H2,1-3H3. The number of esters is 1. The second kappa shape index (κ2) is 9.48. The van der Waals surface area contributed by atoms with Gasteiger partial charge in [0.05, 0.1) is 38.7 Å². The van der Waals surface area contributed by atoms with Crippen molar-refractivity contribution in [3.63, 3.8) is 0 Å². The van der Waals surface area contributed by atoms with Gasteiger partial charge in [0.15, 0.2) is 0 Å². The molecule has 2 aromatic carbocycles. The highest BCUT2D eigenvalue weighted by Crippen LogP contribution is 2.46. The van der Waals surface area contributed by atoms with Gasteiger partial charge in [0.1, 0.15) is 11.5 Å². The van der Waals surface area contributed by atoms with Crippen LogP contribution < -0.4 is 0 Å². The van der Waals surface area contributed by atoms with Crippen LogP contribution >= 0.6 is 15.9 Å². The predicted octanol–water partition coefficient (Wildman–Crippen LogP) is 4.70. The molecule has 7 nitrogen and oxygen atoms in total. The first-order valence-corrected chi connectivity index (χ1v) is 12.9. The molecule has 0 radical (unpaired) electrons. The van der Waals surface area contributed by atoms with E-state index in [-0.39, 0.29) is 29.9 Å². The van der Waals surface area contributed by atoms with E-state index in [9.17, 15) is 19.2 Å². The number of hydrogen-bond acceptors (Lipinski definition) is 6. The summed E-state index contributed by atoms with van der Waals surface area (Å²) < 4.78 is 21.4. The van der Waals surface area contributed by atoms with E-state index >= 15 is 0 Å². The number of carbonyl (C=O) groups excluding carboxylic acids is 1. The summed E-state index contributed by atoms with van der Waals surface area (Å²) in [4.78, 5) is 15.8. The Morgan fingerprint density at radius 2 is 1.91 bits per heavy atom. The van der Waals surface area contributed by atoms with Crippen LogP contribution in [0.25, 0.3) is 10.9 Å². The lowest BCUT2D eigenvalue weighted by atomic mass is 10.0. The molecule has 3 aromatic rings. The summed E-state index contributed by atoms with van der Waals surface area (Å²) in [6.07, 6.45) is 1.93. The number of phenols is 2. The molecule has 0 aliphatic heterocycles. The van der Waals surface area contributed by atoms with Crippen molar-refractivity contribution in [2.24, 2.45) is 0 Å². The summed E-state index contributed by atoms with van der Waals surface area (Å²) in [6.45, 7) is 2.38. The number of nitrogens with zero attached hydrogens (tertiary/aromatic N) is 2. The van der Waals surface area contributed by atoms with E-state index in [0.717, 1.165) is 18.4 Å². The first kappa shape index (κ1) is 23.8. The highest BCUT2D eigenvalue weighted by molar-refractivity contribution is 9.10. The maximum atomic E-state index is 13.3. The van der Waals surface area contributed by atoms with Gasteiger partial charge in [0, 0.05) is 34.1 Å². The zero-order chi connectivity index (χ0) is 23.9. The number of ether oxygens (including phenoxy) is 1. The second-order valence-corrected chi connectivity index (χ2v) is 10.8. The van der Waals surface area contributed by atoms with E-state index in [1.807, 2.05) is 25.1 Å². The number of halogens is 1. The molecule has 0 saturated heterocycles. The van der Waals surface area contributed by atoms with Gasteiger partial charge in [-0.05, 0) is 80.1 Å². The monoisotopic (exact) mass is 534 g/mol. The summed E-state index contributed by atoms with van der Waals surface area (Å²) in [5.41, 5.74) is 2.46. The minimum atomic E-state index is -1.45. The van der Waals surface area contributed by atoms with Crippen molar-refractivity contribution in [2.45, 2.75) is 43.0 Å². The average Bonchev–Trinajstić information content (AvgIpc) is 3.54. The summed E-state index contributed by atoms with van der Waals surface area (Å²) in [5.74, 6) is -0.185. The van der Waals surface area contributed by atoms with Crippen LogP contribution in [0, 0.1) is 0 Å². The first-order chi connectivity index (χ1) is 15.7. The third-order valence-electron chi connectivity index (χ3n) is 5.66. The first-order valence-electron chi connectivity index (χ1n) is 10.8. The molecular formula is C24H27BrN2O5S.